The maximum atomic E-state index is 5.77. The quantitative estimate of drug-likeness (QED) is 0.826. The molecule has 0 heterocycles. The zero-order valence-corrected chi connectivity index (χ0v) is 13.4. The van der Waals surface area contributed by atoms with E-state index in [4.69, 9.17) is 5.73 Å². The zero-order chi connectivity index (χ0) is 14.7. The van der Waals surface area contributed by atoms with Gasteiger partial charge in [0.15, 0.2) is 0 Å². The van der Waals surface area contributed by atoms with Crippen LogP contribution in [-0.4, -0.2) is 19.6 Å². The van der Waals surface area contributed by atoms with Gasteiger partial charge in [-0.2, -0.15) is 0 Å². The Morgan fingerprint density at radius 1 is 1.05 bits per heavy atom. The van der Waals surface area contributed by atoms with Crippen LogP contribution in [0.3, 0.4) is 0 Å². The van der Waals surface area contributed by atoms with Crippen molar-refractivity contribution < 1.29 is 0 Å². The average Bonchev–Trinajstić information content (AvgIpc) is 2.31. The molecule has 19 heavy (non-hydrogen) atoms. The highest BCUT2D eigenvalue weighted by Crippen LogP contribution is 2.26. The number of nitrogens with one attached hydrogen (secondary N) is 1. The van der Waals surface area contributed by atoms with Gasteiger partial charge in [0.25, 0.3) is 0 Å². The smallest absolute Gasteiger partial charge is 0.00435 e. The SMILES string of the molecule is Cc1ccc(C)c(C(C)(C)CNCC(C)(C)CN)c1. The van der Waals surface area contributed by atoms with E-state index in [1.165, 1.54) is 16.7 Å². The molecule has 1 aromatic carbocycles. The van der Waals surface area contributed by atoms with Gasteiger partial charge in [0.05, 0.1) is 0 Å². The van der Waals surface area contributed by atoms with Crippen molar-refractivity contribution in [2.45, 2.75) is 47.0 Å². The summed E-state index contributed by atoms with van der Waals surface area (Å²) in [6, 6.07) is 6.71. The highest BCUT2D eigenvalue weighted by Gasteiger charge is 2.23. The molecule has 0 radical (unpaired) electrons. The Morgan fingerprint density at radius 2 is 1.68 bits per heavy atom. The molecule has 0 saturated carbocycles. The normalized spacial score (nSPS) is 12.8. The standard InChI is InChI=1S/C17H30N2/c1-13-7-8-14(2)15(9-13)17(5,6)12-19-11-16(3,4)10-18/h7-9,19H,10-12,18H2,1-6H3. The fourth-order valence-electron chi connectivity index (χ4n) is 2.35. The number of benzene rings is 1. The summed E-state index contributed by atoms with van der Waals surface area (Å²) >= 11 is 0. The second kappa shape index (κ2) is 6.06. The highest BCUT2D eigenvalue weighted by atomic mass is 14.9. The first-order valence-corrected chi connectivity index (χ1v) is 7.16. The van der Waals surface area contributed by atoms with Crippen LogP contribution in [0, 0.1) is 19.3 Å². The first-order chi connectivity index (χ1) is 8.68. The van der Waals surface area contributed by atoms with Crippen LogP contribution in [0.2, 0.25) is 0 Å². The van der Waals surface area contributed by atoms with Gasteiger partial charge in [0, 0.05) is 18.5 Å². The van der Waals surface area contributed by atoms with Crippen molar-refractivity contribution in [2.24, 2.45) is 11.1 Å². The van der Waals surface area contributed by atoms with Crippen molar-refractivity contribution in [3.05, 3.63) is 34.9 Å². The molecule has 0 fully saturated rings. The molecule has 0 aliphatic carbocycles. The second-order valence-corrected chi connectivity index (χ2v) is 7.17. The molecule has 0 saturated heterocycles. The molecular formula is C17H30N2. The van der Waals surface area contributed by atoms with Gasteiger partial charge in [0.1, 0.15) is 0 Å². The Bertz CT molecular complexity index is 419. The lowest BCUT2D eigenvalue weighted by molar-refractivity contribution is 0.332. The van der Waals surface area contributed by atoms with Crippen molar-refractivity contribution >= 4 is 0 Å². The van der Waals surface area contributed by atoms with Gasteiger partial charge in [-0.25, -0.2) is 0 Å². The van der Waals surface area contributed by atoms with E-state index < -0.39 is 0 Å². The summed E-state index contributed by atoms with van der Waals surface area (Å²) in [4.78, 5) is 0. The van der Waals surface area contributed by atoms with Crippen LogP contribution >= 0.6 is 0 Å². The van der Waals surface area contributed by atoms with Gasteiger partial charge < -0.3 is 11.1 Å². The molecular weight excluding hydrogens is 232 g/mol. The van der Waals surface area contributed by atoms with Crippen molar-refractivity contribution in [3.63, 3.8) is 0 Å². The Hall–Kier alpha value is -0.860. The first kappa shape index (κ1) is 16.2. The Morgan fingerprint density at radius 3 is 2.26 bits per heavy atom. The minimum Gasteiger partial charge on any atom is -0.330 e. The van der Waals surface area contributed by atoms with E-state index >= 15 is 0 Å². The molecule has 2 nitrogen and oxygen atoms in total. The van der Waals surface area contributed by atoms with Crippen LogP contribution in [0.25, 0.3) is 0 Å². The summed E-state index contributed by atoms with van der Waals surface area (Å²) in [5.74, 6) is 0. The van der Waals surface area contributed by atoms with Gasteiger partial charge in [-0.3, -0.25) is 0 Å². The van der Waals surface area contributed by atoms with Crippen molar-refractivity contribution in [1.82, 2.24) is 5.32 Å². The molecule has 0 unspecified atom stereocenters. The Labute approximate surface area is 118 Å². The van der Waals surface area contributed by atoms with Gasteiger partial charge in [-0.1, -0.05) is 51.5 Å². The maximum absolute atomic E-state index is 5.77. The summed E-state index contributed by atoms with van der Waals surface area (Å²) in [7, 11) is 0. The lowest BCUT2D eigenvalue weighted by Gasteiger charge is -2.30. The number of rotatable bonds is 6. The molecule has 0 aliphatic rings. The van der Waals surface area contributed by atoms with E-state index in [-0.39, 0.29) is 10.8 Å². The topological polar surface area (TPSA) is 38.0 Å². The largest absolute Gasteiger partial charge is 0.330 e. The average molecular weight is 262 g/mol. The molecule has 2 heteroatoms. The monoisotopic (exact) mass is 262 g/mol. The Balaban J connectivity index is 2.73. The van der Waals surface area contributed by atoms with Gasteiger partial charge in [0.2, 0.25) is 0 Å². The molecule has 0 atom stereocenters. The predicted octanol–water partition coefficient (Wildman–Crippen LogP) is 3.16. The van der Waals surface area contributed by atoms with E-state index in [0.29, 0.717) is 6.54 Å². The van der Waals surface area contributed by atoms with Crippen LogP contribution in [0.1, 0.15) is 44.4 Å². The fourth-order valence-corrected chi connectivity index (χ4v) is 2.35. The lowest BCUT2D eigenvalue weighted by Crippen LogP contribution is -2.41. The third kappa shape index (κ3) is 4.63. The van der Waals surface area contributed by atoms with Crippen LogP contribution in [0.4, 0.5) is 0 Å². The van der Waals surface area contributed by atoms with E-state index in [1.807, 2.05) is 0 Å². The number of nitrogens with two attached hydrogens (primary N) is 1. The third-order valence-electron chi connectivity index (χ3n) is 3.85. The van der Waals surface area contributed by atoms with E-state index in [1.54, 1.807) is 0 Å². The summed E-state index contributed by atoms with van der Waals surface area (Å²) < 4.78 is 0. The molecule has 108 valence electrons. The molecule has 0 spiro atoms. The van der Waals surface area contributed by atoms with E-state index in [0.717, 1.165) is 13.1 Å². The second-order valence-electron chi connectivity index (χ2n) is 7.17. The molecule has 0 aliphatic heterocycles. The molecule has 1 rings (SSSR count). The zero-order valence-electron chi connectivity index (χ0n) is 13.4. The lowest BCUT2D eigenvalue weighted by atomic mass is 9.81. The first-order valence-electron chi connectivity index (χ1n) is 7.16. The Kier molecular flexibility index (Phi) is 5.17. The van der Waals surface area contributed by atoms with Crippen LogP contribution < -0.4 is 11.1 Å². The molecule has 1 aromatic rings. The van der Waals surface area contributed by atoms with E-state index in [9.17, 15) is 0 Å². The maximum Gasteiger partial charge on any atom is 0.00435 e. The summed E-state index contributed by atoms with van der Waals surface area (Å²) in [6.07, 6.45) is 0. The molecule has 3 N–H and O–H groups in total. The predicted molar refractivity (Wildman–Crippen MR) is 84.6 cm³/mol. The molecule has 0 amide bonds. The van der Waals surface area contributed by atoms with Crippen LogP contribution in [-0.2, 0) is 5.41 Å². The highest BCUT2D eigenvalue weighted by molar-refractivity contribution is 5.36. The third-order valence-corrected chi connectivity index (χ3v) is 3.85. The van der Waals surface area contributed by atoms with Crippen molar-refractivity contribution in [1.29, 1.82) is 0 Å². The van der Waals surface area contributed by atoms with Gasteiger partial charge in [-0.05, 0) is 36.9 Å². The summed E-state index contributed by atoms with van der Waals surface area (Å²) in [5, 5.41) is 3.58. The number of hydrogen-bond acceptors (Lipinski definition) is 2. The molecule has 0 aromatic heterocycles. The molecule has 0 bridgehead atoms. The minimum atomic E-state index is 0.140. The summed E-state index contributed by atoms with van der Waals surface area (Å²) in [5.41, 5.74) is 10.2. The number of aryl methyl sites for hydroxylation is 2. The van der Waals surface area contributed by atoms with Crippen LogP contribution in [0.5, 0.6) is 0 Å². The van der Waals surface area contributed by atoms with E-state index in [2.05, 4.69) is 65.1 Å². The van der Waals surface area contributed by atoms with Crippen LogP contribution in [0.15, 0.2) is 18.2 Å². The number of hydrogen-bond donors (Lipinski definition) is 2. The fraction of sp³-hybridized carbons (Fsp3) is 0.647. The van der Waals surface area contributed by atoms with Crippen molar-refractivity contribution in [3.8, 4) is 0 Å². The minimum absolute atomic E-state index is 0.140. The van der Waals surface area contributed by atoms with Crippen molar-refractivity contribution in [2.75, 3.05) is 19.6 Å². The summed E-state index contributed by atoms with van der Waals surface area (Å²) in [6.45, 7) is 16.0. The van der Waals surface area contributed by atoms with Gasteiger partial charge in [-0.15, -0.1) is 0 Å². The van der Waals surface area contributed by atoms with Gasteiger partial charge >= 0.3 is 0 Å².